The van der Waals surface area contributed by atoms with Gasteiger partial charge in [-0.1, -0.05) is 102 Å². The van der Waals surface area contributed by atoms with Crippen molar-refractivity contribution in [2.75, 3.05) is 11.4 Å². The lowest BCUT2D eigenvalue weighted by atomic mass is 9.94. The van der Waals surface area contributed by atoms with Gasteiger partial charge in [0.1, 0.15) is 12.6 Å². The van der Waals surface area contributed by atoms with Crippen LogP contribution >= 0.6 is 15.9 Å². The first-order valence-corrected chi connectivity index (χ1v) is 15.5. The van der Waals surface area contributed by atoms with E-state index >= 15 is 0 Å². The molecule has 6 nitrogen and oxygen atoms in total. The Bertz CT molecular complexity index is 1590. The Morgan fingerprint density at radius 2 is 1.57 bits per heavy atom. The summed E-state index contributed by atoms with van der Waals surface area (Å²) in [6.07, 6.45) is 5.67. The number of nitrogens with zero attached hydrogens (tertiary/aromatic N) is 2. The topological polar surface area (TPSA) is 69.7 Å². The van der Waals surface area contributed by atoms with Crippen molar-refractivity contribution in [1.29, 1.82) is 0 Å². The van der Waals surface area contributed by atoms with E-state index < -0.39 is 6.04 Å². The van der Waals surface area contributed by atoms with Crippen LogP contribution in [0, 0.1) is 0 Å². The second-order valence-corrected chi connectivity index (χ2v) is 12.2. The zero-order valence-corrected chi connectivity index (χ0v) is 25.1. The van der Waals surface area contributed by atoms with E-state index in [1.54, 1.807) is 9.80 Å². The summed E-state index contributed by atoms with van der Waals surface area (Å²) in [5.41, 5.74) is 3.22. The van der Waals surface area contributed by atoms with E-state index in [9.17, 15) is 14.4 Å². The van der Waals surface area contributed by atoms with Gasteiger partial charge in [0.15, 0.2) is 0 Å². The summed E-state index contributed by atoms with van der Waals surface area (Å²) in [5, 5.41) is 5.12. The van der Waals surface area contributed by atoms with Gasteiger partial charge in [0, 0.05) is 34.4 Å². The van der Waals surface area contributed by atoms with E-state index in [2.05, 4.69) is 21.2 Å². The molecule has 1 N–H and O–H groups in total. The Morgan fingerprint density at radius 1 is 0.857 bits per heavy atom. The third kappa shape index (κ3) is 5.97. The largest absolute Gasteiger partial charge is 0.352 e. The number of nitrogens with one attached hydrogen (secondary N) is 1. The lowest BCUT2D eigenvalue weighted by Gasteiger charge is -2.34. The average Bonchev–Trinajstić information content (AvgIpc) is 3.28. The molecule has 1 aliphatic heterocycles. The van der Waals surface area contributed by atoms with Gasteiger partial charge in [-0.05, 0) is 53.6 Å². The summed E-state index contributed by atoms with van der Waals surface area (Å²) < 4.78 is 0.938. The van der Waals surface area contributed by atoms with E-state index in [1.165, 1.54) is 6.42 Å². The highest BCUT2D eigenvalue weighted by Gasteiger charge is 2.36. The molecule has 0 spiro atoms. The normalized spacial score (nSPS) is 15.5. The van der Waals surface area contributed by atoms with Crippen molar-refractivity contribution < 1.29 is 14.4 Å². The fourth-order valence-corrected chi connectivity index (χ4v) is 6.51. The van der Waals surface area contributed by atoms with Gasteiger partial charge in [-0.2, -0.15) is 0 Å². The first-order valence-electron chi connectivity index (χ1n) is 14.7. The summed E-state index contributed by atoms with van der Waals surface area (Å²) in [5.74, 6) is -0.602. The smallest absolute Gasteiger partial charge is 0.259 e. The van der Waals surface area contributed by atoms with E-state index in [1.807, 2.05) is 91.0 Å². The maximum absolute atomic E-state index is 14.4. The first-order chi connectivity index (χ1) is 20.5. The van der Waals surface area contributed by atoms with Gasteiger partial charge >= 0.3 is 0 Å². The molecule has 7 heteroatoms. The molecule has 0 radical (unpaired) electrons. The predicted octanol–water partition coefficient (Wildman–Crippen LogP) is 6.65. The van der Waals surface area contributed by atoms with Gasteiger partial charge in [0.2, 0.25) is 11.8 Å². The molecular weight excluding hydrogens is 590 g/mol. The average molecular weight is 625 g/mol. The number of carbonyl (C=O) groups is 3. The Kier molecular flexibility index (Phi) is 8.38. The Balaban J connectivity index is 1.34. The van der Waals surface area contributed by atoms with Crippen LogP contribution in [0.2, 0.25) is 0 Å². The summed E-state index contributed by atoms with van der Waals surface area (Å²) >= 11 is 3.50. The van der Waals surface area contributed by atoms with Gasteiger partial charge in [-0.3, -0.25) is 19.3 Å². The van der Waals surface area contributed by atoms with Crippen molar-refractivity contribution in [2.45, 2.75) is 57.2 Å². The number of anilines is 1. The van der Waals surface area contributed by atoms with Crippen LogP contribution < -0.4 is 10.2 Å². The number of benzene rings is 4. The lowest BCUT2D eigenvalue weighted by molar-refractivity contribution is -0.140. The van der Waals surface area contributed by atoms with Gasteiger partial charge < -0.3 is 10.2 Å². The van der Waals surface area contributed by atoms with Crippen molar-refractivity contribution in [3.63, 3.8) is 0 Å². The maximum Gasteiger partial charge on any atom is 0.259 e. The van der Waals surface area contributed by atoms with E-state index in [0.717, 1.165) is 57.7 Å². The standard InChI is InChI=1S/C35H34BrN3O3/c36-27-19-17-25(18-20-27)22-38(31(21-24-9-3-1-4-10-24)34(41)37-28-13-5-2-6-14-28)32(40)23-39-30-16-8-12-26-11-7-15-29(33(26)30)35(39)42/h1,3-4,7-12,15-20,28,31H,2,5-6,13-14,21-23H2,(H,37,41). The van der Waals surface area contributed by atoms with Gasteiger partial charge in [0.25, 0.3) is 5.91 Å². The highest BCUT2D eigenvalue weighted by molar-refractivity contribution is 9.10. The summed E-state index contributed by atoms with van der Waals surface area (Å²) in [4.78, 5) is 45.2. The van der Waals surface area contributed by atoms with Crippen molar-refractivity contribution >= 4 is 50.1 Å². The van der Waals surface area contributed by atoms with E-state index in [-0.39, 0.29) is 36.9 Å². The minimum atomic E-state index is -0.735. The van der Waals surface area contributed by atoms with Gasteiger partial charge in [0.05, 0.1) is 5.69 Å². The van der Waals surface area contributed by atoms with Crippen LogP contribution in [0.3, 0.4) is 0 Å². The zero-order valence-electron chi connectivity index (χ0n) is 23.5. The molecule has 1 aliphatic carbocycles. The third-order valence-electron chi connectivity index (χ3n) is 8.43. The summed E-state index contributed by atoms with van der Waals surface area (Å²) in [7, 11) is 0. The molecule has 0 saturated heterocycles. The van der Waals surface area contributed by atoms with E-state index in [4.69, 9.17) is 0 Å². The molecule has 4 aromatic carbocycles. The number of carbonyl (C=O) groups excluding carboxylic acids is 3. The monoisotopic (exact) mass is 623 g/mol. The SMILES string of the molecule is O=C(NC1CCCCC1)C(Cc1ccccc1)N(Cc1ccc(Br)cc1)C(=O)CN1C(=O)c2cccc3cccc1c23. The maximum atomic E-state index is 14.4. The Labute approximate surface area is 254 Å². The molecule has 1 unspecified atom stereocenters. The van der Waals surface area contributed by atoms with Crippen LogP contribution in [0.5, 0.6) is 0 Å². The highest BCUT2D eigenvalue weighted by Crippen LogP contribution is 2.37. The number of hydrogen-bond donors (Lipinski definition) is 1. The van der Waals surface area contributed by atoms with Gasteiger partial charge in [-0.15, -0.1) is 0 Å². The second-order valence-electron chi connectivity index (χ2n) is 11.3. The van der Waals surface area contributed by atoms with Crippen molar-refractivity contribution in [2.24, 2.45) is 0 Å². The number of halogens is 1. The number of rotatable bonds is 9. The first kappa shape index (κ1) is 28.2. The predicted molar refractivity (Wildman–Crippen MR) is 169 cm³/mol. The fourth-order valence-electron chi connectivity index (χ4n) is 6.25. The van der Waals surface area contributed by atoms with Crippen LogP contribution in [0.15, 0.2) is 95.5 Å². The fraction of sp³-hybridized carbons (Fsp3) is 0.286. The van der Waals surface area contributed by atoms with Crippen LogP contribution in [-0.4, -0.2) is 41.2 Å². The number of amides is 3. The second kappa shape index (κ2) is 12.5. The van der Waals surface area contributed by atoms with Crippen molar-refractivity contribution in [3.05, 3.63) is 112 Å². The van der Waals surface area contributed by atoms with Crippen LogP contribution in [-0.2, 0) is 22.6 Å². The molecular formula is C35H34BrN3O3. The molecule has 214 valence electrons. The quantitative estimate of drug-likeness (QED) is 0.227. The van der Waals surface area contributed by atoms with Crippen LogP contribution in [0.4, 0.5) is 5.69 Å². The molecule has 4 aromatic rings. The minimum absolute atomic E-state index is 0.112. The van der Waals surface area contributed by atoms with Gasteiger partial charge in [-0.25, -0.2) is 0 Å². The van der Waals surface area contributed by atoms with Crippen molar-refractivity contribution in [3.8, 4) is 0 Å². The molecule has 0 aromatic heterocycles. The van der Waals surface area contributed by atoms with Crippen LogP contribution in [0.25, 0.3) is 10.8 Å². The summed E-state index contributed by atoms with van der Waals surface area (Å²) in [6.45, 7) is 0.103. The minimum Gasteiger partial charge on any atom is -0.352 e. The Morgan fingerprint density at radius 3 is 2.31 bits per heavy atom. The molecule has 1 fully saturated rings. The molecule has 42 heavy (non-hydrogen) atoms. The van der Waals surface area contributed by atoms with E-state index in [0.29, 0.717) is 12.0 Å². The zero-order chi connectivity index (χ0) is 29.1. The number of hydrogen-bond acceptors (Lipinski definition) is 3. The molecule has 3 amide bonds. The molecule has 6 rings (SSSR count). The highest BCUT2D eigenvalue weighted by atomic mass is 79.9. The molecule has 2 aliphatic rings. The summed E-state index contributed by atoms with van der Waals surface area (Å²) in [6, 6.07) is 28.4. The third-order valence-corrected chi connectivity index (χ3v) is 8.96. The molecule has 0 bridgehead atoms. The lowest BCUT2D eigenvalue weighted by Crippen LogP contribution is -2.54. The Hall–Kier alpha value is -3.97. The van der Waals surface area contributed by atoms with Crippen LogP contribution in [0.1, 0.15) is 53.6 Å². The molecule has 1 atom stereocenters. The molecule has 1 heterocycles. The van der Waals surface area contributed by atoms with Crippen molar-refractivity contribution in [1.82, 2.24) is 10.2 Å². The molecule has 1 saturated carbocycles.